The number of benzene rings is 1. The lowest BCUT2D eigenvalue weighted by Crippen LogP contribution is -2.32. The molecule has 0 saturated heterocycles. The Balaban J connectivity index is 2.65. The minimum absolute atomic E-state index is 0.103. The Kier molecular flexibility index (Phi) is 2.82. The van der Waals surface area contributed by atoms with Crippen molar-refractivity contribution in [2.75, 3.05) is 0 Å². The third-order valence-corrected chi connectivity index (χ3v) is 2.57. The van der Waals surface area contributed by atoms with Crippen molar-refractivity contribution in [2.45, 2.75) is 6.92 Å². The predicted molar refractivity (Wildman–Crippen MR) is 64.8 cm³/mol. The third-order valence-electron chi connectivity index (χ3n) is 2.57. The summed E-state index contributed by atoms with van der Waals surface area (Å²) in [6, 6.07) is 6.37. The molecule has 0 radical (unpaired) electrons. The Morgan fingerprint density at radius 1 is 1.17 bits per heavy atom. The summed E-state index contributed by atoms with van der Waals surface area (Å²) in [6.45, 7) is 1.25. The molecule has 1 aromatic carbocycles. The summed E-state index contributed by atoms with van der Waals surface area (Å²) < 4.78 is 0. The molecule has 0 saturated carbocycles. The first kappa shape index (κ1) is 11.8. The SMILES string of the molecule is C#CC1=C(NC(C)=O)C(=O)c2ccccc2C1=O. The molecule has 2 rings (SSSR count). The quantitative estimate of drug-likeness (QED) is 0.746. The smallest absolute Gasteiger partial charge is 0.221 e. The summed E-state index contributed by atoms with van der Waals surface area (Å²) in [4.78, 5) is 35.3. The first-order chi connectivity index (χ1) is 8.56. The monoisotopic (exact) mass is 239 g/mol. The van der Waals surface area contributed by atoms with E-state index in [1.807, 2.05) is 0 Å². The molecule has 1 amide bonds. The molecule has 0 aliphatic heterocycles. The Hall–Kier alpha value is -2.67. The highest BCUT2D eigenvalue weighted by Crippen LogP contribution is 2.24. The lowest BCUT2D eigenvalue weighted by Gasteiger charge is -2.17. The van der Waals surface area contributed by atoms with Gasteiger partial charge in [-0.1, -0.05) is 30.2 Å². The molecule has 4 nitrogen and oxygen atoms in total. The van der Waals surface area contributed by atoms with Gasteiger partial charge < -0.3 is 5.32 Å². The van der Waals surface area contributed by atoms with E-state index in [0.717, 1.165) is 0 Å². The lowest BCUT2D eigenvalue weighted by atomic mass is 9.87. The van der Waals surface area contributed by atoms with Crippen LogP contribution in [0.3, 0.4) is 0 Å². The second-order valence-corrected chi connectivity index (χ2v) is 3.78. The molecule has 4 heteroatoms. The van der Waals surface area contributed by atoms with Gasteiger partial charge in [0.2, 0.25) is 17.5 Å². The summed E-state index contributed by atoms with van der Waals surface area (Å²) in [5.41, 5.74) is 0.303. The summed E-state index contributed by atoms with van der Waals surface area (Å²) in [5, 5.41) is 2.33. The van der Waals surface area contributed by atoms with Crippen LogP contribution in [0.5, 0.6) is 0 Å². The molecule has 0 bridgehead atoms. The van der Waals surface area contributed by atoms with Gasteiger partial charge in [0.05, 0.1) is 5.57 Å². The fourth-order valence-corrected chi connectivity index (χ4v) is 1.81. The van der Waals surface area contributed by atoms with Crippen LogP contribution in [-0.4, -0.2) is 17.5 Å². The first-order valence-electron chi connectivity index (χ1n) is 5.23. The van der Waals surface area contributed by atoms with Gasteiger partial charge in [0.1, 0.15) is 5.70 Å². The van der Waals surface area contributed by atoms with Gasteiger partial charge >= 0.3 is 0 Å². The number of allylic oxidation sites excluding steroid dienone is 2. The van der Waals surface area contributed by atoms with Gasteiger partial charge in [0.15, 0.2) is 0 Å². The second-order valence-electron chi connectivity index (χ2n) is 3.78. The molecule has 1 aromatic rings. The number of ketones is 2. The number of Topliss-reactive ketones (excluding diaryl/α,β-unsaturated/α-hetero) is 2. The van der Waals surface area contributed by atoms with E-state index < -0.39 is 17.5 Å². The highest BCUT2D eigenvalue weighted by atomic mass is 16.2. The van der Waals surface area contributed by atoms with E-state index in [4.69, 9.17) is 6.42 Å². The summed E-state index contributed by atoms with van der Waals surface area (Å²) >= 11 is 0. The fraction of sp³-hybridized carbons (Fsp3) is 0.0714. The number of nitrogens with one attached hydrogen (secondary N) is 1. The number of rotatable bonds is 1. The van der Waals surface area contributed by atoms with Crippen LogP contribution < -0.4 is 5.32 Å². The fourth-order valence-electron chi connectivity index (χ4n) is 1.81. The van der Waals surface area contributed by atoms with E-state index in [1.54, 1.807) is 12.1 Å². The number of amides is 1. The van der Waals surface area contributed by atoms with Crippen LogP contribution in [0.25, 0.3) is 0 Å². The van der Waals surface area contributed by atoms with Crippen LogP contribution >= 0.6 is 0 Å². The van der Waals surface area contributed by atoms with Crippen molar-refractivity contribution < 1.29 is 14.4 Å². The summed E-state index contributed by atoms with van der Waals surface area (Å²) in [7, 11) is 0. The molecule has 1 aliphatic rings. The van der Waals surface area contributed by atoms with E-state index in [2.05, 4.69) is 11.2 Å². The van der Waals surface area contributed by atoms with Crippen molar-refractivity contribution >= 4 is 17.5 Å². The zero-order valence-electron chi connectivity index (χ0n) is 9.61. The van der Waals surface area contributed by atoms with E-state index in [0.29, 0.717) is 0 Å². The van der Waals surface area contributed by atoms with Crippen molar-refractivity contribution in [2.24, 2.45) is 0 Å². The molecular weight excluding hydrogens is 230 g/mol. The Bertz CT molecular complexity index is 647. The molecule has 1 N–H and O–H groups in total. The molecule has 0 heterocycles. The first-order valence-corrected chi connectivity index (χ1v) is 5.23. The summed E-state index contributed by atoms with van der Waals surface area (Å²) in [6.07, 6.45) is 5.25. The molecule has 1 aliphatic carbocycles. The topological polar surface area (TPSA) is 63.2 Å². The van der Waals surface area contributed by atoms with Crippen LogP contribution in [0.4, 0.5) is 0 Å². The van der Waals surface area contributed by atoms with Crippen molar-refractivity contribution in [3.05, 3.63) is 46.7 Å². The zero-order chi connectivity index (χ0) is 13.3. The maximum absolute atomic E-state index is 12.1. The summed E-state index contributed by atoms with van der Waals surface area (Å²) in [5.74, 6) is 0.872. The van der Waals surface area contributed by atoms with Gasteiger partial charge in [-0.25, -0.2) is 0 Å². The van der Waals surface area contributed by atoms with E-state index in [-0.39, 0.29) is 22.4 Å². The van der Waals surface area contributed by atoms with Crippen LogP contribution in [0, 0.1) is 12.3 Å². The van der Waals surface area contributed by atoms with Crippen LogP contribution in [-0.2, 0) is 4.79 Å². The lowest BCUT2D eigenvalue weighted by molar-refractivity contribution is -0.118. The molecule has 0 spiro atoms. The number of carbonyl (C=O) groups is 3. The van der Waals surface area contributed by atoms with Gasteiger partial charge in [-0.05, 0) is 0 Å². The third kappa shape index (κ3) is 1.72. The number of carbonyl (C=O) groups excluding carboxylic acids is 3. The second kappa shape index (κ2) is 4.30. The van der Waals surface area contributed by atoms with Gasteiger partial charge in [-0.3, -0.25) is 14.4 Å². The van der Waals surface area contributed by atoms with Crippen LogP contribution in [0.15, 0.2) is 35.5 Å². The van der Waals surface area contributed by atoms with E-state index >= 15 is 0 Å². The molecule has 0 atom stereocenters. The average molecular weight is 239 g/mol. The van der Waals surface area contributed by atoms with Crippen LogP contribution in [0.1, 0.15) is 27.6 Å². The van der Waals surface area contributed by atoms with E-state index in [9.17, 15) is 14.4 Å². The van der Waals surface area contributed by atoms with Crippen molar-refractivity contribution in [3.63, 3.8) is 0 Å². The maximum Gasteiger partial charge on any atom is 0.221 e. The minimum Gasteiger partial charge on any atom is -0.322 e. The van der Waals surface area contributed by atoms with Crippen molar-refractivity contribution in [1.29, 1.82) is 0 Å². The van der Waals surface area contributed by atoms with Gasteiger partial charge in [-0.2, -0.15) is 0 Å². The van der Waals surface area contributed by atoms with Crippen molar-refractivity contribution in [1.82, 2.24) is 5.32 Å². The van der Waals surface area contributed by atoms with Crippen LogP contribution in [0.2, 0.25) is 0 Å². The average Bonchev–Trinajstić information content (AvgIpc) is 2.36. The van der Waals surface area contributed by atoms with Gasteiger partial charge in [-0.15, -0.1) is 6.42 Å². The normalized spacial score (nSPS) is 14.0. The molecule has 0 unspecified atom stereocenters. The standard InChI is InChI=1S/C14H9NO3/c1-3-9-12(15-8(2)16)14(18)11-7-5-4-6-10(11)13(9)17/h1,4-7H,2H3,(H,15,16). The molecule has 18 heavy (non-hydrogen) atoms. The highest BCUT2D eigenvalue weighted by molar-refractivity contribution is 6.28. The molecule has 88 valence electrons. The highest BCUT2D eigenvalue weighted by Gasteiger charge is 2.31. The molecular formula is C14H9NO3. The largest absolute Gasteiger partial charge is 0.322 e. The molecule has 0 fully saturated rings. The van der Waals surface area contributed by atoms with Crippen molar-refractivity contribution in [3.8, 4) is 12.3 Å². The van der Waals surface area contributed by atoms with Gasteiger partial charge in [0.25, 0.3) is 0 Å². The molecule has 0 aromatic heterocycles. The predicted octanol–water partition coefficient (Wildman–Crippen LogP) is 1.09. The number of fused-ring (bicyclic) bond motifs is 1. The van der Waals surface area contributed by atoms with E-state index in [1.165, 1.54) is 19.1 Å². The number of hydrogen-bond donors (Lipinski definition) is 1. The zero-order valence-corrected chi connectivity index (χ0v) is 9.61. The maximum atomic E-state index is 12.1. The Labute approximate surface area is 104 Å². The number of terminal acetylenes is 1. The number of hydrogen-bond acceptors (Lipinski definition) is 3. The Morgan fingerprint density at radius 2 is 1.72 bits per heavy atom. The minimum atomic E-state index is -0.446. The Morgan fingerprint density at radius 3 is 2.22 bits per heavy atom. The van der Waals surface area contributed by atoms with Gasteiger partial charge in [0, 0.05) is 18.1 Å².